The summed E-state index contributed by atoms with van der Waals surface area (Å²) in [6, 6.07) is 7.19. The third kappa shape index (κ3) is 13.5. The zero-order chi connectivity index (χ0) is 23.4. The van der Waals surface area contributed by atoms with Crippen molar-refractivity contribution in [1.29, 1.82) is 0 Å². The molecule has 1 aromatic rings. The highest BCUT2D eigenvalue weighted by Gasteiger charge is 2.12. The maximum atomic E-state index is 12.4. The molecular formula is C26H43N3O2S. The van der Waals surface area contributed by atoms with Crippen molar-refractivity contribution in [3.63, 3.8) is 0 Å². The van der Waals surface area contributed by atoms with E-state index in [1.807, 2.05) is 12.1 Å². The van der Waals surface area contributed by atoms with Crippen molar-refractivity contribution < 1.29 is 9.59 Å². The molecule has 0 aliphatic carbocycles. The van der Waals surface area contributed by atoms with E-state index in [0.717, 1.165) is 25.7 Å². The van der Waals surface area contributed by atoms with E-state index in [4.69, 9.17) is 12.2 Å². The third-order valence-electron chi connectivity index (χ3n) is 5.50. The van der Waals surface area contributed by atoms with E-state index in [1.54, 1.807) is 12.1 Å². The molecule has 1 rings (SSSR count). The van der Waals surface area contributed by atoms with E-state index in [0.29, 0.717) is 24.2 Å². The molecule has 0 aliphatic rings. The van der Waals surface area contributed by atoms with Crippen LogP contribution in [0.4, 0.5) is 5.69 Å². The summed E-state index contributed by atoms with van der Waals surface area (Å²) in [4.78, 5) is 24.6. The first-order chi connectivity index (χ1) is 15.6. The molecule has 2 amide bonds. The Kier molecular flexibility index (Phi) is 16.3. The van der Waals surface area contributed by atoms with Gasteiger partial charge in [-0.25, -0.2) is 0 Å². The maximum absolute atomic E-state index is 12.4. The van der Waals surface area contributed by atoms with Crippen LogP contribution in [-0.4, -0.2) is 23.5 Å². The van der Waals surface area contributed by atoms with Crippen LogP contribution in [0.15, 0.2) is 24.3 Å². The number of hydrogen-bond acceptors (Lipinski definition) is 3. The van der Waals surface area contributed by atoms with E-state index in [1.165, 1.54) is 57.8 Å². The van der Waals surface area contributed by atoms with E-state index in [-0.39, 0.29) is 16.9 Å². The van der Waals surface area contributed by atoms with E-state index >= 15 is 0 Å². The Bertz CT molecular complexity index is 679. The predicted octanol–water partition coefficient (Wildman–Crippen LogP) is 6.73. The van der Waals surface area contributed by atoms with Gasteiger partial charge in [0.25, 0.3) is 5.91 Å². The fraction of sp³-hybridized carbons (Fsp3) is 0.654. The van der Waals surface area contributed by atoms with Crippen molar-refractivity contribution in [1.82, 2.24) is 10.6 Å². The standard InChI is InChI=1S/C26H43N3O2S/c1-3-5-7-8-9-10-11-12-13-14-15-20-24(30)29-26(32)28-23-19-17-16-18-22(23)25(31)27-21-6-4-2/h16-19H,3-15,20-21H2,1-2H3,(H,27,31)(H2,28,29,30,32). The number of benzene rings is 1. The topological polar surface area (TPSA) is 70.2 Å². The molecule has 0 radical (unpaired) electrons. The number of hydrogen-bond donors (Lipinski definition) is 3. The summed E-state index contributed by atoms with van der Waals surface area (Å²) in [5.74, 6) is -0.222. The van der Waals surface area contributed by atoms with Gasteiger partial charge in [0, 0.05) is 13.0 Å². The number of nitrogens with one attached hydrogen (secondary N) is 3. The lowest BCUT2D eigenvalue weighted by atomic mass is 10.1. The Morgan fingerprint density at radius 2 is 1.34 bits per heavy atom. The van der Waals surface area contributed by atoms with Gasteiger partial charge in [0.15, 0.2) is 5.11 Å². The highest BCUT2D eigenvalue weighted by atomic mass is 32.1. The van der Waals surface area contributed by atoms with Gasteiger partial charge in [-0.2, -0.15) is 0 Å². The number of thiocarbonyl (C=S) groups is 1. The van der Waals surface area contributed by atoms with Crippen molar-refractivity contribution >= 4 is 34.8 Å². The summed E-state index contributed by atoms with van der Waals surface area (Å²) in [7, 11) is 0. The molecular weight excluding hydrogens is 418 g/mol. The summed E-state index contributed by atoms with van der Waals surface area (Å²) in [6.07, 6.45) is 16.2. The maximum Gasteiger partial charge on any atom is 0.253 e. The number of anilines is 1. The quantitative estimate of drug-likeness (QED) is 0.178. The van der Waals surface area contributed by atoms with Crippen molar-refractivity contribution in [2.75, 3.05) is 11.9 Å². The molecule has 0 atom stereocenters. The van der Waals surface area contributed by atoms with Crippen LogP contribution in [-0.2, 0) is 4.79 Å². The second-order valence-electron chi connectivity index (χ2n) is 8.44. The predicted molar refractivity (Wildman–Crippen MR) is 139 cm³/mol. The number of amides is 2. The van der Waals surface area contributed by atoms with E-state index < -0.39 is 0 Å². The van der Waals surface area contributed by atoms with Gasteiger partial charge in [-0.1, -0.05) is 96.6 Å². The van der Waals surface area contributed by atoms with E-state index in [2.05, 4.69) is 29.8 Å². The van der Waals surface area contributed by atoms with Gasteiger partial charge in [-0.05, 0) is 37.2 Å². The highest BCUT2D eigenvalue weighted by molar-refractivity contribution is 7.80. The Morgan fingerprint density at radius 1 is 0.781 bits per heavy atom. The number of carbonyl (C=O) groups is 2. The second kappa shape index (κ2) is 18.6. The Balaban J connectivity index is 2.20. The molecule has 32 heavy (non-hydrogen) atoms. The van der Waals surface area contributed by atoms with Gasteiger partial charge < -0.3 is 16.0 Å². The zero-order valence-corrected chi connectivity index (χ0v) is 21.0. The molecule has 0 saturated heterocycles. The molecule has 6 heteroatoms. The third-order valence-corrected chi connectivity index (χ3v) is 5.70. The Labute approximate surface area is 200 Å². The van der Waals surface area contributed by atoms with Gasteiger partial charge in [0.1, 0.15) is 0 Å². The van der Waals surface area contributed by atoms with Crippen molar-refractivity contribution in [2.45, 2.75) is 104 Å². The molecule has 0 aromatic heterocycles. The van der Waals surface area contributed by atoms with Crippen LogP contribution in [0.2, 0.25) is 0 Å². The second-order valence-corrected chi connectivity index (χ2v) is 8.85. The Morgan fingerprint density at radius 3 is 1.97 bits per heavy atom. The fourth-order valence-electron chi connectivity index (χ4n) is 3.56. The summed E-state index contributed by atoms with van der Waals surface area (Å²) in [5.41, 5.74) is 1.12. The van der Waals surface area contributed by atoms with Crippen LogP contribution >= 0.6 is 12.2 Å². The SMILES string of the molecule is CCCCCCCCCCCCCC(=O)NC(=S)Nc1ccccc1C(=O)NCCCC. The molecule has 0 saturated carbocycles. The van der Waals surface area contributed by atoms with Crippen LogP contribution in [0.1, 0.15) is 114 Å². The van der Waals surface area contributed by atoms with Gasteiger partial charge in [-0.3, -0.25) is 9.59 Å². The first kappa shape index (κ1) is 28.1. The number of carbonyl (C=O) groups excluding carboxylic acids is 2. The minimum Gasteiger partial charge on any atom is -0.352 e. The average Bonchev–Trinajstić information content (AvgIpc) is 2.77. The van der Waals surface area contributed by atoms with Crippen LogP contribution in [0.3, 0.4) is 0 Å². The lowest BCUT2D eigenvalue weighted by Crippen LogP contribution is -2.35. The monoisotopic (exact) mass is 461 g/mol. The minimum absolute atomic E-state index is 0.0803. The number of rotatable bonds is 17. The Hall–Kier alpha value is -1.95. The summed E-state index contributed by atoms with van der Waals surface area (Å²) < 4.78 is 0. The molecule has 0 aliphatic heterocycles. The molecule has 0 spiro atoms. The first-order valence-corrected chi connectivity index (χ1v) is 13.0. The summed E-state index contributed by atoms with van der Waals surface area (Å²) >= 11 is 5.28. The molecule has 0 unspecified atom stereocenters. The van der Waals surface area contributed by atoms with Crippen molar-refractivity contribution in [2.24, 2.45) is 0 Å². The number of para-hydroxylation sites is 1. The molecule has 0 heterocycles. The van der Waals surface area contributed by atoms with E-state index in [9.17, 15) is 9.59 Å². The zero-order valence-electron chi connectivity index (χ0n) is 20.1. The highest BCUT2D eigenvalue weighted by Crippen LogP contribution is 2.15. The van der Waals surface area contributed by atoms with Gasteiger partial charge in [0.2, 0.25) is 5.91 Å². The summed E-state index contributed by atoms with van der Waals surface area (Å²) in [6.45, 7) is 4.97. The van der Waals surface area contributed by atoms with Gasteiger partial charge >= 0.3 is 0 Å². The molecule has 5 nitrogen and oxygen atoms in total. The minimum atomic E-state index is -0.142. The number of unbranched alkanes of at least 4 members (excludes halogenated alkanes) is 11. The largest absolute Gasteiger partial charge is 0.352 e. The smallest absolute Gasteiger partial charge is 0.253 e. The molecule has 1 aromatic carbocycles. The van der Waals surface area contributed by atoms with Gasteiger partial charge in [-0.15, -0.1) is 0 Å². The molecule has 3 N–H and O–H groups in total. The van der Waals surface area contributed by atoms with Crippen LogP contribution in [0.25, 0.3) is 0 Å². The first-order valence-electron chi connectivity index (χ1n) is 12.6. The van der Waals surface area contributed by atoms with Crippen LogP contribution in [0.5, 0.6) is 0 Å². The van der Waals surface area contributed by atoms with Gasteiger partial charge in [0.05, 0.1) is 11.3 Å². The molecule has 180 valence electrons. The summed E-state index contributed by atoms with van der Waals surface area (Å²) in [5, 5.41) is 8.86. The fourth-order valence-corrected chi connectivity index (χ4v) is 3.78. The lowest BCUT2D eigenvalue weighted by Gasteiger charge is -2.13. The van der Waals surface area contributed by atoms with Crippen LogP contribution in [0, 0.1) is 0 Å². The van der Waals surface area contributed by atoms with Crippen molar-refractivity contribution in [3.8, 4) is 0 Å². The lowest BCUT2D eigenvalue weighted by molar-refractivity contribution is -0.119. The average molecular weight is 462 g/mol. The van der Waals surface area contributed by atoms with Crippen molar-refractivity contribution in [3.05, 3.63) is 29.8 Å². The molecule has 0 bridgehead atoms. The molecule has 0 fully saturated rings. The van der Waals surface area contributed by atoms with Crippen LogP contribution < -0.4 is 16.0 Å². The normalized spacial score (nSPS) is 10.6.